The number of fused-ring (bicyclic) bond motifs is 6. The van der Waals surface area contributed by atoms with E-state index in [0.29, 0.717) is 0 Å². The van der Waals surface area contributed by atoms with Crippen molar-refractivity contribution >= 4 is 59.2 Å². The molecule has 0 aliphatic carbocycles. The molecular formula is C39H27N4S-. The monoisotopic (exact) mass is 583 g/mol. The molecule has 0 fully saturated rings. The smallest absolute Gasteiger partial charge is 0.0548 e. The zero-order chi connectivity index (χ0) is 29.0. The zero-order valence-electron chi connectivity index (χ0n) is 23.8. The minimum absolute atomic E-state index is 0.203. The Hall–Kier alpha value is -5.23. The number of nitrogens with zero attached hydrogens (tertiary/aromatic N) is 3. The predicted octanol–water partition coefficient (Wildman–Crippen LogP) is 10.3. The molecular weight excluding hydrogens is 557 g/mol. The number of hydrogen-bond acceptors (Lipinski definition) is 3. The van der Waals surface area contributed by atoms with Crippen LogP contribution in [-0.2, 0) is 0 Å². The molecule has 1 N–H and O–H groups in total. The van der Waals surface area contributed by atoms with Crippen LogP contribution in [0.3, 0.4) is 0 Å². The van der Waals surface area contributed by atoms with E-state index in [2.05, 4.69) is 131 Å². The van der Waals surface area contributed by atoms with Crippen LogP contribution in [0.1, 0.15) is 29.0 Å². The van der Waals surface area contributed by atoms with E-state index in [4.69, 9.17) is 10.3 Å². The summed E-state index contributed by atoms with van der Waals surface area (Å²) in [6.07, 6.45) is -0.459. The largest absolute Gasteiger partial charge is 0.445 e. The Bertz CT molecular complexity index is 2350. The maximum absolute atomic E-state index is 5.14. The lowest BCUT2D eigenvalue weighted by atomic mass is 10.1. The van der Waals surface area contributed by atoms with E-state index < -0.39 is 0 Å². The second-order valence-electron chi connectivity index (χ2n) is 11.2. The summed E-state index contributed by atoms with van der Waals surface area (Å²) in [5, 5.41) is 14.0. The van der Waals surface area contributed by atoms with Crippen molar-refractivity contribution in [3.05, 3.63) is 168 Å². The second-order valence-corrected chi connectivity index (χ2v) is 12.3. The van der Waals surface area contributed by atoms with E-state index in [0.717, 1.165) is 28.2 Å². The molecule has 2 atom stereocenters. The fourth-order valence-corrected chi connectivity index (χ4v) is 7.64. The molecule has 9 rings (SSSR count). The first-order valence-electron chi connectivity index (χ1n) is 14.9. The number of nitrogens with one attached hydrogen (secondary N) is 1. The summed E-state index contributed by atoms with van der Waals surface area (Å²) in [6, 6.07) is 51.7. The molecule has 1 aliphatic rings. The Morgan fingerprint density at radius 2 is 1.30 bits per heavy atom. The third-order valence-electron chi connectivity index (χ3n) is 8.58. The standard InChI is InChI=1S/C39H27N4S/c1-3-12-25(13-4-1)37-40-38(26-14-5-2-6-15-26)42-39(41-37)27-16-11-17-28(22-27)43-33-20-9-7-18-29(33)31-24-36-32(23-34(31)43)30-19-8-10-21-35(30)44-36/h1-24,37,39,41H/q-1. The van der Waals surface area contributed by atoms with Gasteiger partial charge in [0.05, 0.1) is 11.0 Å². The molecule has 0 amide bonds. The van der Waals surface area contributed by atoms with Gasteiger partial charge in [-0.1, -0.05) is 115 Å². The van der Waals surface area contributed by atoms with Crippen molar-refractivity contribution in [3.63, 3.8) is 0 Å². The van der Waals surface area contributed by atoms with E-state index in [9.17, 15) is 0 Å². The topological polar surface area (TPSA) is 43.4 Å². The number of benzene rings is 6. The molecule has 0 bridgehead atoms. The van der Waals surface area contributed by atoms with Gasteiger partial charge in [0.1, 0.15) is 0 Å². The molecule has 6 aromatic carbocycles. The molecule has 44 heavy (non-hydrogen) atoms. The van der Waals surface area contributed by atoms with Crippen molar-refractivity contribution < 1.29 is 0 Å². The van der Waals surface area contributed by atoms with Gasteiger partial charge in [-0.15, -0.1) is 11.3 Å². The SMILES string of the molecule is c1ccc(C2=NC(c3ccccc3)NC(c3cccc(-n4c5ccccc5c5cc6sc7ccccc7c6cc54)c3)[N-]2)cc1. The van der Waals surface area contributed by atoms with E-state index in [-0.39, 0.29) is 12.3 Å². The zero-order valence-corrected chi connectivity index (χ0v) is 24.6. The Balaban J connectivity index is 1.20. The van der Waals surface area contributed by atoms with Gasteiger partial charge in [-0.25, -0.2) is 0 Å². The van der Waals surface area contributed by atoms with Crippen LogP contribution < -0.4 is 5.32 Å². The van der Waals surface area contributed by atoms with E-state index in [1.54, 1.807) is 0 Å². The molecule has 4 nitrogen and oxygen atoms in total. The van der Waals surface area contributed by atoms with Crippen LogP contribution in [-0.4, -0.2) is 10.4 Å². The Labute approximate surface area is 258 Å². The third kappa shape index (κ3) is 4.13. The third-order valence-corrected chi connectivity index (χ3v) is 9.71. The molecule has 0 spiro atoms. The van der Waals surface area contributed by atoms with Crippen molar-refractivity contribution in [2.45, 2.75) is 12.3 Å². The Morgan fingerprint density at radius 1 is 0.568 bits per heavy atom. The Morgan fingerprint density at radius 3 is 2.16 bits per heavy atom. The lowest BCUT2D eigenvalue weighted by Crippen LogP contribution is -2.31. The van der Waals surface area contributed by atoms with Crippen LogP contribution in [0.25, 0.3) is 53.0 Å². The van der Waals surface area contributed by atoms with Gasteiger partial charge in [-0.2, -0.15) is 0 Å². The van der Waals surface area contributed by atoms with E-state index in [1.165, 1.54) is 42.0 Å². The number of thiophene rings is 1. The van der Waals surface area contributed by atoms with Crippen LogP contribution in [0.4, 0.5) is 0 Å². The van der Waals surface area contributed by atoms with Gasteiger partial charge in [-0.05, 0) is 53.1 Å². The lowest BCUT2D eigenvalue weighted by Gasteiger charge is -2.40. The molecule has 2 unspecified atom stereocenters. The summed E-state index contributed by atoms with van der Waals surface area (Å²) in [6.45, 7) is 0. The summed E-state index contributed by atoms with van der Waals surface area (Å²) >= 11 is 1.87. The number of aliphatic imine (C=N–C) groups is 1. The number of amidine groups is 1. The minimum Gasteiger partial charge on any atom is -0.445 e. The quantitative estimate of drug-likeness (QED) is 0.220. The minimum atomic E-state index is -0.256. The first-order valence-corrected chi connectivity index (χ1v) is 15.7. The highest BCUT2D eigenvalue weighted by Crippen LogP contribution is 2.41. The fourth-order valence-electron chi connectivity index (χ4n) is 6.51. The van der Waals surface area contributed by atoms with Crippen molar-refractivity contribution in [2.75, 3.05) is 0 Å². The van der Waals surface area contributed by atoms with Gasteiger partial charge in [0, 0.05) is 49.0 Å². The van der Waals surface area contributed by atoms with E-state index >= 15 is 0 Å². The molecule has 5 heteroatoms. The highest BCUT2D eigenvalue weighted by atomic mass is 32.1. The van der Waals surface area contributed by atoms with Crippen LogP contribution in [0.15, 0.2) is 151 Å². The fraction of sp³-hybridized carbons (Fsp3) is 0.0513. The molecule has 210 valence electrons. The van der Waals surface area contributed by atoms with E-state index in [1.807, 2.05) is 35.6 Å². The summed E-state index contributed by atoms with van der Waals surface area (Å²) < 4.78 is 5.05. The normalized spacial score (nSPS) is 16.9. The van der Waals surface area contributed by atoms with Crippen molar-refractivity contribution in [2.24, 2.45) is 4.99 Å². The molecule has 0 saturated heterocycles. The number of hydrogen-bond donors (Lipinski definition) is 1. The van der Waals surface area contributed by atoms with Gasteiger partial charge in [0.15, 0.2) is 0 Å². The van der Waals surface area contributed by atoms with Gasteiger partial charge >= 0.3 is 0 Å². The summed E-state index contributed by atoms with van der Waals surface area (Å²) in [7, 11) is 0. The van der Waals surface area contributed by atoms with Crippen LogP contribution in [0.5, 0.6) is 0 Å². The molecule has 8 aromatic rings. The molecule has 0 radical (unpaired) electrons. The lowest BCUT2D eigenvalue weighted by molar-refractivity contribution is 0.488. The highest BCUT2D eigenvalue weighted by Gasteiger charge is 2.20. The van der Waals surface area contributed by atoms with Crippen molar-refractivity contribution in [1.29, 1.82) is 0 Å². The maximum atomic E-state index is 5.14. The maximum Gasteiger partial charge on any atom is 0.0548 e. The predicted molar refractivity (Wildman–Crippen MR) is 185 cm³/mol. The van der Waals surface area contributed by atoms with Gasteiger partial charge in [0.2, 0.25) is 0 Å². The van der Waals surface area contributed by atoms with Crippen LogP contribution in [0.2, 0.25) is 0 Å². The number of para-hydroxylation sites is 1. The van der Waals surface area contributed by atoms with Crippen LogP contribution >= 0.6 is 11.3 Å². The van der Waals surface area contributed by atoms with Crippen LogP contribution in [0, 0.1) is 0 Å². The highest BCUT2D eigenvalue weighted by molar-refractivity contribution is 7.25. The average Bonchev–Trinajstić information content (AvgIpc) is 3.62. The second kappa shape index (κ2) is 10.2. The van der Waals surface area contributed by atoms with Gasteiger partial charge in [-0.3, -0.25) is 0 Å². The molecule has 2 aromatic heterocycles. The average molecular weight is 584 g/mol. The summed E-state index contributed by atoms with van der Waals surface area (Å²) in [4.78, 5) is 5.04. The van der Waals surface area contributed by atoms with Gasteiger partial charge in [0.25, 0.3) is 0 Å². The summed E-state index contributed by atoms with van der Waals surface area (Å²) in [5.74, 6) is 0.761. The van der Waals surface area contributed by atoms with Crippen molar-refractivity contribution in [3.8, 4) is 5.69 Å². The first-order chi connectivity index (χ1) is 21.8. The molecule has 1 aliphatic heterocycles. The van der Waals surface area contributed by atoms with Gasteiger partial charge < -0.3 is 20.2 Å². The Kier molecular flexibility index (Phi) is 5.86. The molecule has 3 heterocycles. The number of aromatic nitrogens is 1. The van der Waals surface area contributed by atoms with Crippen molar-refractivity contribution in [1.82, 2.24) is 9.88 Å². The summed E-state index contributed by atoms with van der Waals surface area (Å²) in [5.41, 5.74) is 6.76. The first kappa shape index (κ1) is 25.3. The number of rotatable bonds is 4. The molecule has 0 saturated carbocycles.